The molecule has 1 aliphatic heterocycles. The second-order valence-corrected chi connectivity index (χ2v) is 2.28. The first-order valence-electron chi connectivity index (χ1n) is 3.10. The normalized spacial score (nSPS) is 23.5. The number of rotatable bonds is 1. The van der Waals surface area contributed by atoms with Crippen molar-refractivity contribution in [2.75, 3.05) is 11.4 Å². The molecule has 1 fully saturated rings. The van der Waals surface area contributed by atoms with Crippen LogP contribution in [-0.4, -0.2) is 39.1 Å². The predicted octanol–water partition coefficient (Wildman–Crippen LogP) is -2.13. The van der Waals surface area contributed by atoms with Gasteiger partial charge in [0.15, 0.2) is 0 Å². The summed E-state index contributed by atoms with van der Waals surface area (Å²) >= 11 is 0. The van der Waals surface area contributed by atoms with Crippen molar-refractivity contribution in [1.29, 1.82) is 0 Å². The highest BCUT2D eigenvalue weighted by atomic mass is 16.2. The van der Waals surface area contributed by atoms with Crippen LogP contribution in [0.3, 0.4) is 0 Å². The van der Waals surface area contributed by atoms with Gasteiger partial charge in [0.2, 0.25) is 11.9 Å². The second kappa shape index (κ2) is 1.99. The lowest BCUT2D eigenvalue weighted by atomic mass is 10.1. The Kier molecular flexibility index (Phi) is 1.13. The van der Waals surface area contributed by atoms with Gasteiger partial charge in [0.05, 0.1) is 6.54 Å². The summed E-state index contributed by atoms with van der Waals surface area (Å²) in [7, 11) is 0. The van der Waals surface area contributed by atoms with Gasteiger partial charge < -0.3 is 5.73 Å². The molecule has 0 spiro atoms. The maximum absolute atomic E-state index is 10.9. The Hall–Kier alpha value is -1.50. The molecule has 0 radical (unpaired) electrons. The SMILES string of the molecule is N[C@H]1CN(c2nnn[nH]2)C1=O. The van der Waals surface area contributed by atoms with E-state index in [1.807, 2.05) is 0 Å². The minimum Gasteiger partial charge on any atom is -0.318 e. The molecule has 7 nitrogen and oxygen atoms in total. The number of nitrogens with one attached hydrogen (secondary N) is 1. The molecule has 3 N–H and O–H groups in total. The third-order valence-electron chi connectivity index (χ3n) is 1.55. The van der Waals surface area contributed by atoms with E-state index in [9.17, 15) is 4.79 Å². The fourth-order valence-electron chi connectivity index (χ4n) is 0.912. The highest BCUT2D eigenvalue weighted by Crippen LogP contribution is 2.13. The molecule has 0 saturated carbocycles. The number of aromatic nitrogens is 4. The number of carbonyl (C=O) groups excluding carboxylic acids is 1. The first-order chi connectivity index (χ1) is 5.29. The number of nitrogens with zero attached hydrogens (tertiary/aromatic N) is 4. The van der Waals surface area contributed by atoms with Gasteiger partial charge in [-0.2, -0.15) is 0 Å². The number of aromatic amines is 1. The Morgan fingerprint density at radius 1 is 1.73 bits per heavy atom. The quantitative estimate of drug-likeness (QED) is 0.450. The van der Waals surface area contributed by atoms with Gasteiger partial charge in [0.1, 0.15) is 6.04 Å². The Labute approximate surface area is 61.6 Å². The standard InChI is InChI=1S/C4H6N6O/c5-2-1-10(3(2)11)4-6-8-9-7-4/h2H,1,5H2,(H,6,7,8,9)/t2-/m0/s1. The molecule has 11 heavy (non-hydrogen) atoms. The van der Waals surface area contributed by atoms with Crippen molar-refractivity contribution in [3.8, 4) is 0 Å². The van der Waals surface area contributed by atoms with Crippen molar-refractivity contribution in [3.05, 3.63) is 0 Å². The topological polar surface area (TPSA) is 101 Å². The van der Waals surface area contributed by atoms with E-state index in [-0.39, 0.29) is 11.9 Å². The van der Waals surface area contributed by atoms with Crippen LogP contribution < -0.4 is 10.6 Å². The van der Waals surface area contributed by atoms with Gasteiger partial charge in [-0.05, 0) is 10.4 Å². The minimum atomic E-state index is -0.389. The Morgan fingerprint density at radius 3 is 3.00 bits per heavy atom. The van der Waals surface area contributed by atoms with E-state index >= 15 is 0 Å². The van der Waals surface area contributed by atoms with Gasteiger partial charge in [0, 0.05) is 0 Å². The third kappa shape index (κ3) is 0.777. The number of hydrogen-bond acceptors (Lipinski definition) is 5. The molecule has 0 aromatic carbocycles. The molecule has 7 heteroatoms. The fourth-order valence-corrected chi connectivity index (χ4v) is 0.912. The van der Waals surface area contributed by atoms with Crippen LogP contribution in [-0.2, 0) is 4.79 Å². The number of tetrazole rings is 1. The van der Waals surface area contributed by atoms with Gasteiger partial charge in [-0.1, -0.05) is 5.10 Å². The van der Waals surface area contributed by atoms with Crippen molar-refractivity contribution in [2.45, 2.75) is 6.04 Å². The van der Waals surface area contributed by atoms with Crippen LogP contribution in [0.25, 0.3) is 0 Å². The van der Waals surface area contributed by atoms with Crippen LogP contribution in [0.2, 0.25) is 0 Å². The average Bonchev–Trinajstić information content (AvgIpc) is 2.51. The first-order valence-corrected chi connectivity index (χ1v) is 3.10. The van der Waals surface area contributed by atoms with Gasteiger partial charge in [0.25, 0.3) is 0 Å². The summed E-state index contributed by atoms with van der Waals surface area (Å²) in [5.41, 5.74) is 5.34. The molecule has 2 heterocycles. The van der Waals surface area contributed by atoms with Gasteiger partial charge >= 0.3 is 0 Å². The zero-order valence-electron chi connectivity index (χ0n) is 5.56. The summed E-state index contributed by atoms with van der Waals surface area (Å²) in [5.74, 6) is 0.209. The monoisotopic (exact) mass is 154 g/mol. The van der Waals surface area contributed by atoms with E-state index in [1.165, 1.54) is 4.90 Å². The van der Waals surface area contributed by atoms with E-state index in [1.54, 1.807) is 0 Å². The molecule has 1 amide bonds. The number of anilines is 1. The van der Waals surface area contributed by atoms with E-state index in [0.29, 0.717) is 12.5 Å². The first kappa shape index (κ1) is 6.23. The van der Waals surface area contributed by atoms with Crippen molar-refractivity contribution in [2.24, 2.45) is 5.73 Å². The van der Waals surface area contributed by atoms with Gasteiger partial charge in [-0.25, -0.2) is 5.10 Å². The lowest BCUT2D eigenvalue weighted by Crippen LogP contribution is -2.61. The minimum absolute atomic E-state index is 0.149. The smallest absolute Gasteiger partial charge is 0.249 e. The maximum atomic E-state index is 10.9. The molecular formula is C4H6N6O. The highest BCUT2D eigenvalue weighted by molar-refractivity contribution is 6.02. The van der Waals surface area contributed by atoms with Gasteiger partial charge in [-0.3, -0.25) is 9.69 Å². The zero-order chi connectivity index (χ0) is 7.84. The van der Waals surface area contributed by atoms with Crippen LogP contribution in [0.4, 0.5) is 5.95 Å². The van der Waals surface area contributed by atoms with E-state index in [4.69, 9.17) is 5.73 Å². The Balaban J connectivity index is 2.16. The number of amides is 1. The van der Waals surface area contributed by atoms with Crippen LogP contribution in [0.5, 0.6) is 0 Å². The third-order valence-corrected chi connectivity index (χ3v) is 1.55. The molecule has 1 aromatic heterocycles. The lowest BCUT2D eigenvalue weighted by Gasteiger charge is -2.32. The molecule has 0 bridgehead atoms. The van der Waals surface area contributed by atoms with Gasteiger partial charge in [-0.15, -0.1) is 0 Å². The molecule has 1 aromatic rings. The number of hydrogen-bond donors (Lipinski definition) is 2. The molecule has 0 aliphatic carbocycles. The summed E-state index contributed by atoms with van der Waals surface area (Å²) in [6.45, 7) is 0.482. The lowest BCUT2D eigenvalue weighted by molar-refractivity contribution is -0.123. The molecule has 2 rings (SSSR count). The molecule has 58 valence electrons. The number of nitrogens with two attached hydrogens (primary N) is 1. The van der Waals surface area contributed by atoms with Crippen LogP contribution in [0, 0.1) is 0 Å². The van der Waals surface area contributed by atoms with Crippen molar-refractivity contribution < 1.29 is 4.79 Å². The number of H-pyrrole nitrogens is 1. The number of β-lactam (4-membered cyclic amide) rings is 1. The summed E-state index contributed by atoms with van der Waals surface area (Å²) in [4.78, 5) is 12.3. The van der Waals surface area contributed by atoms with E-state index in [0.717, 1.165) is 0 Å². The van der Waals surface area contributed by atoms with Crippen molar-refractivity contribution >= 4 is 11.9 Å². The molecule has 0 unspecified atom stereocenters. The van der Waals surface area contributed by atoms with E-state index in [2.05, 4.69) is 20.6 Å². The van der Waals surface area contributed by atoms with Crippen molar-refractivity contribution in [1.82, 2.24) is 20.6 Å². The van der Waals surface area contributed by atoms with E-state index < -0.39 is 0 Å². The molecule has 1 saturated heterocycles. The molecular weight excluding hydrogens is 148 g/mol. The Bertz CT molecular complexity index is 268. The second-order valence-electron chi connectivity index (χ2n) is 2.28. The summed E-state index contributed by atoms with van der Waals surface area (Å²) in [6.07, 6.45) is 0. The average molecular weight is 154 g/mol. The number of carbonyl (C=O) groups is 1. The zero-order valence-corrected chi connectivity index (χ0v) is 5.56. The van der Waals surface area contributed by atoms with Crippen LogP contribution in [0.1, 0.15) is 0 Å². The summed E-state index contributed by atoms with van der Waals surface area (Å²) in [6, 6.07) is -0.389. The fraction of sp³-hybridized carbons (Fsp3) is 0.500. The Morgan fingerprint density at radius 2 is 2.55 bits per heavy atom. The van der Waals surface area contributed by atoms with Crippen LogP contribution in [0.15, 0.2) is 0 Å². The summed E-state index contributed by atoms with van der Waals surface area (Å²) in [5, 5.41) is 12.7. The largest absolute Gasteiger partial charge is 0.318 e. The predicted molar refractivity (Wildman–Crippen MR) is 34.5 cm³/mol. The maximum Gasteiger partial charge on any atom is 0.249 e. The molecule has 1 atom stereocenters. The van der Waals surface area contributed by atoms with Crippen molar-refractivity contribution in [3.63, 3.8) is 0 Å². The summed E-state index contributed by atoms with van der Waals surface area (Å²) < 4.78 is 0. The molecule has 1 aliphatic rings. The van der Waals surface area contributed by atoms with Crippen LogP contribution >= 0.6 is 0 Å². The highest BCUT2D eigenvalue weighted by Gasteiger charge is 2.36.